The fourth-order valence-electron chi connectivity index (χ4n) is 1.64. The predicted molar refractivity (Wildman–Crippen MR) is 79.3 cm³/mol. The minimum absolute atomic E-state index is 0.151. The van der Waals surface area contributed by atoms with Crippen LogP contribution < -0.4 is 4.74 Å². The van der Waals surface area contributed by atoms with E-state index in [1.165, 1.54) is 12.1 Å². The third-order valence-corrected chi connectivity index (χ3v) is 3.50. The van der Waals surface area contributed by atoms with Crippen LogP contribution in [-0.4, -0.2) is 11.1 Å². The first-order valence-corrected chi connectivity index (χ1v) is 6.73. The topological polar surface area (TPSA) is 46.5 Å². The maximum Gasteiger partial charge on any atom is 0.307 e. The second-order valence-electron chi connectivity index (χ2n) is 3.98. The molecule has 0 saturated carbocycles. The van der Waals surface area contributed by atoms with Crippen molar-refractivity contribution >= 4 is 40.8 Å². The van der Waals surface area contributed by atoms with Crippen molar-refractivity contribution in [3.63, 3.8) is 0 Å². The minimum atomic E-state index is -0.948. The molecule has 0 aliphatic carbocycles. The van der Waals surface area contributed by atoms with Gasteiger partial charge in [-0.1, -0.05) is 53.0 Å². The van der Waals surface area contributed by atoms with E-state index in [0.29, 0.717) is 16.3 Å². The molecule has 0 aliphatic heterocycles. The van der Waals surface area contributed by atoms with Crippen molar-refractivity contribution in [2.24, 2.45) is 0 Å². The number of carboxylic acid groups (broad SMARTS) is 1. The molecule has 20 heavy (non-hydrogen) atoms. The van der Waals surface area contributed by atoms with Gasteiger partial charge in [0, 0.05) is 16.7 Å². The maximum atomic E-state index is 10.8. The summed E-state index contributed by atoms with van der Waals surface area (Å²) in [6, 6.07) is 9.82. The molecule has 6 heteroatoms. The lowest BCUT2D eigenvalue weighted by molar-refractivity contribution is -0.136. The van der Waals surface area contributed by atoms with Crippen molar-refractivity contribution in [3.05, 3.63) is 57.0 Å². The van der Waals surface area contributed by atoms with E-state index < -0.39 is 5.97 Å². The van der Waals surface area contributed by atoms with Gasteiger partial charge >= 0.3 is 5.97 Å². The van der Waals surface area contributed by atoms with Gasteiger partial charge in [-0.25, -0.2) is 0 Å². The molecule has 2 aromatic carbocycles. The number of rotatable bonds is 4. The molecule has 2 rings (SSSR count). The molecule has 0 aromatic heterocycles. The molecule has 0 amide bonds. The van der Waals surface area contributed by atoms with Gasteiger partial charge in [0.15, 0.2) is 0 Å². The zero-order chi connectivity index (χ0) is 14.7. The molecule has 0 aliphatic rings. The first-order chi connectivity index (χ1) is 9.47. The molecule has 2 aromatic rings. The molecular formula is C14H9Cl3O3. The van der Waals surface area contributed by atoms with Gasteiger partial charge in [-0.15, -0.1) is 0 Å². The van der Waals surface area contributed by atoms with Crippen LogP contribution in [0.4, 0.5) is 0 Å². The van der Waals surface area contributed by atoms with Crippen LogP contribution in [-0.2, 0) is 11.2 Å². The Morgan fingerprint density at radius 2 is 1.80 bits per heavy atom. The summed E-state index contributed by atoms with van der Waals surface area (Å²) >= 11 is 17.9. The van der Waals surface area contributed by atoms with Crippen LogP contribution in [0.2, 0.25) is 15.1 Å². The smallest absolute Gasteiger partial charge is 0.307 e. The molecule has 0 spiro atoms. The molecule has 0 saturated heterocycles. The second-order valence-corrected chi connectivity index (χ2v) is 5.20. The zero-order valence-electron chi connectivity index (χ0n) is 10.1. The monoisotopic (exact) mass is 330 g/mol. The average molecular weight is 332 g/mol. The Hall–Kier alpha value is -1.42. The SMILES string of the molecule is O=C(O)Cc1ccccc1Oc1cc(Cl)cc(Cl)c1Cl. The van der Waals surface area contributed by atoms with Crippen LogP contribution in [0.15, 0.2) is 36.4 Å². The van der Waals surface area contributed by atoms with Crippen LogP contribution in [0.25, 0.3) is 0 Å². The van der Waals surface area contributed by atoms with Crippen molar-refractivity contribution < 1.29 is 14.6 Å². The maximum absolute atomic E-state index is 10.8. The van der Waals surface area contributed by atoms with Crippen molar-refractivity contribution in [1.29, 1.82) is 0 Å². The zero-order valence-corrected chi connectivity index (χ0v) is 12.3. The lowest BCUT2D eigenvalue weighted by Crippen LogP contribution is -2.02. The van der Waals surface area contributed by atoms with Crippen molar-refractivity contribution in [3.8, 4) is 11.5 Å². The lowest BCUT2D eigenvalue weighted by atomic mass is 10.1. The molecule has 104 valence electrons. The van der Waals surface area contributed by atoms with Gasteiger partial charge in [-0.2, -0.15) is 0 Å². The van der Waals surface area contributed by atoms with E-state index >= 15 is 0 Å². The standard InChI is InChI=1S/C14H9Cl3O3/c15-9-6-10(16)14(17)12(7-9)20-11-4-2-1-3-8(11)5-13(18)19/h1-4,6-7H,5H2,(H,18,19). The normalized spacial score (nSPS) is 10.3. The fraction of sp³-hybridized carbons (Fsp3) is 0.0714. The number of benzene rings is 2. The summed E-state index contributed by atoms with van der Waals surface area (Å²) in [5, 5.41) is 9.75. The Balaban J connectivity index is 2.37. The van der Waals surface area contributed by atoms with Crippen LogP contribution in [0.5, 0.6) is 11.5 Å². The highest BCUT2D eigenvalue weighted by Crippen LogP contribution is 2.38. The summed E-state index contributed by atoms with van der Waals surface area (Å²) in [6.45, 7) is 0. The number of carboxylic acids is 1. The summed E-state index contributed by atoms with van der Waals surface area (Å²) in [5.74, 6) is -0.270. The quantitative estimate of drug-likeness (QED) is 0.796. The molecule has 1 N–H and O–H groups in total. The molecule has 0 atom stereocenters. The second kappa shape index (κ2) is 6.35. The summed E-state index contributed by atoms with van der Waals surface area (Å²) in [4.78, 5) is 10.8. The Labute approximate surface area is 130 Å². The van der Waals surface area contributed by atoms with Crippen molar-refractivity contribution in [2.45, 2.75) is 6.42 Å². The van der Waals surface area contributed by atoms with E-state index in [2.05, 4.69) is 0 Å². The number of aliphatic carboxylic acids is 1. The molecule has 0 fully saturated rings. The van der Waals surface area contributed by atoms with Gasteiger partial charge in [0.05, 0.1) is 11.4 Å². The molecular weight excluding hydrogens is 323 g/mol. The Bertz CT molecular complexity index is 656. The van der Waals surface area contributed by atoms with Crippen LogP contribution >= 0.6 is 34.8 Å². The molecule has 0 bridgehead atoms. The number of halogens is 3. The third-order valence-electron chi connectivity index (χ3n) is 2.49. The number of hydrogen-bond acceptors (Lipinski definition) is 2. The molecule has 0 unspecified atom stereocenters. The number of carbonyl (C=O) groups is 1. The van der Waals surface area contributed by atoms with E-state index in [4.69, 9.17) is 44.6 Å². The predicted octanol–water partition coefficient (Wildman–Crippen LogP) is 5.07. The average Bonchev–Trinajstić information content (AvgIpc) is 2.37. The largest absolute Gasteiger partial charge is 0.481 e. The van der Waals surface area contributed by atoms with Gasteiger partial charge in [0.2, 0.25) is 0 Å². The summed E-state index contributed by atoms with van der Waals surface area (Å²) < 4.78 is 5.64. The highest BCUT2D eigenvalue weighted by Gasteiger charge is 2.13. The molecule has 0 radical (unpaired) electrons. The minimum Gasteiger partial charge on any atom is -0.481 e. The van der Waals surface area contributed by atoms with E-state index in [-0.39, 0.29) is 22.2 Å². The summed E-state index contributed by atoms with van der Waals surface area (Å²) in [7, 11) is 0. The van der Waals surface area contributed by atoms with Gasteiger partial charge in [0.1, 0.15) is 16.5 Å². The molecule has 3 nitrogen and oxygen atoms in total. The van der Waals surface area contributed by atoms with Crippen molar-refractivity contribution in [1.82, 2.24) is 0 Å². The Kier molecular flexibility index (Phi) is 4.76. The van der Waals surface area contributed by atoms with Crippen molar-refractivity contribution in [2.75, 3.05) is 0 Å². The summed E-state index contributed by atoms with van der Waals surface area (Å²) in [5.41, 5.74) is 0.534. The van der Waals surface area contributed by atoms with E-state index in [9.17, 15) is 4.79 Å². The van der Waals surface area contributed by atoms with E-state index in [0.717, 1.165) is 0 Å². The van der Waals surface area contributed by atoms with Crippen LogP contribution in [0, 0.1) is 0 Å². The lowest BCUT2D eigenvalue weighted by Gasteiger charge is -2.12. The van der Waals surface area contributed by atoms with Gasteiger partial charge in [0.25, 0.3) is 0 Å². The first-order valence-electron chi connectivity index (χ1n) is 5.59. The van der Waals surface area contributed by atoms with Crippen LogP contribution in [0.3, 0.4) is 0 Å². The number of hydrogen-bond donors (Lipinski definition) is 1. The first kappa shape index (κ1) is 15.0. The van der Waals surface area contributed by atoms with E-state index in [1.807, 2.05) is 0 Å². The van der Waals surface area contributed by atoms with Gasteiger partial charge in [-0.05, 0) is 12.1 Å². The van der Waals surface area contributed by atoms with Gasteiger partial charge in [-0.3, -0.25) is 4.79 Å². The third kappa shape index (κ3) is 3.57. The highest BCUT2D eigenvalue weighted by molar-refractivity contribution is 6.44. The van der Waals surface area contributed by atoms with E-state index in [1.54, 1.807) is 24.3 Å². The summed E-state index contributed by atoms with van der Waals surface area (Å²) in [6.07, 6.45) is -0.151. The fourth-order valence-corrected chi connectivity index (χ4v) is 2.26. The highest BCUT2D eigenvalue weighted by atomic mass is 35.5. The number of ether oxygens (including phenoxy) is 1. The van der Waals surface area contributed by atoms with Crippen LogP contribution in [0.1, 0.15) is 5.56 Å². The van der Waals surface area contributed by atoms with Gasteiger partial charge < -0.3 is 9.84 Å². The Morgan fingerprint density at radius 3 is 2.50 bits per heavy atom. The Morgan fingerprint density at radius 1 is 1.10 bits per heavy atom. The molecule has 0 heterocycles. The number of para-hydroxylation sites is 1.